The van der Waals surface area contributed by atoms with E-state index in [1.807, 2.05) is 17.8 Å². The minimum atomic E-state index is 0.819. The van der Waals surface area contributed by atoms with Crippen molar-refractivity contribution in [1.82, 2.24) is 9.97 Å². The molecule has 0 saturated heterocycles. The second-order valence-corrected chi connectivity index (χ2v) is 4.48. The Morgan fingerprint density at radius 2 is 2.29 bits per heavy atom. The van der Waals surface area contributed by atoms with Crippen molar-refractivity contribution < 1.29 is 0 Å². The fraction of sp³-hybridized carbons (Fsp3) is 0.333. The topological polar surface area (TPSA) is 41.0 Å². The Morgan fingerprint density at radius 3 is 3.00 bits per heavy atom. The first-order valence-electron chi connectivity index (χ1n) is 5.57. The average molecular weight is 248 g/mol. The van der Waals surface area contributed by atoms with E-state index in [0.717, 1.165) is 30.3 Å². The summed E-state index contributed by atoms with van der Waals surface area (Å²) < 4.78 is 0. The summed E-state index contributed by atoms with van der Waals surface area (Å²) in [5.74, 6) is 0.912. The molecule has 0 aromatic carbocycles. The molecule has 5 heteroatoms. The Hall–Kier alpha value is -1.62. The second kappa shape index (κ2) is 5.63. The van der Waals surface area contributed by atoms with Crippen LogP contribution in [-0.2, 0) is 6.54 Å². The van der Waals surface area contributed by atoms with Crippen LogP contribution in [0.25, 0.3) is 0 Å². The van der Waals surface area contributed by atoms with Gasteiger partial charge in [-0.25, -0.2) is 9.97 Å². The van der Waals surface area contributed by atoms with Gasteiger partial charge in [0.05, 0.1) is 17.7 Å². The molecule has 0 fully saturated rings. The lowest BCUT2D eigenvalue weighted by molar-refractivity contribution is 0.893. The first-order chi connectivity index (χ1) is 8.29. The zero-order valence-electron chi connectivity index (χ0n) is 10.1. The monoisotopic (exact) mass is 248 g/mol. The number of hydrogen-bond donors (Lipinski definition) is 1. The molecule has 1 N–H and O–H groups in total. The molecule has 0 aliphatic carbocycles. The Kier molecular flexibility index (Phi) is 3.93. The predicted octanol–water partition coefficient (Wildman–Crippen LogP) is 2.61. The van der Waals surface area contributed by atoms with E-state index in [0.29, 0.717) is 0 Å². The van der Waals surface area contributed by atoms with Crippen LogP contribution in [-0.4, -0.2) is 23.6 Å². The van der Waals surface area contributed by atoms with Crippen molar-refractivity contribution in [3.63, 3.8) is 0 Å². The summed E-state index contributed by atoms with van der Waals surface area (Å²) in [6.45, 7) is 3.76. The molecule has 2 heterocycles. The molecule has 0 aliphatic heterocycles. The summed E-state index contributed by atoms with van der Waals surface area (Å²) in [7, 11) is 2.06. The molecule has 0 amide bonds. The Labute approximate surface area is 105 Å². The van der Waals surface area contributed by atoms with Crippen molar-refractivity contribution in [3.05, 3.63) is 34.9 Å². The van der Waals surface area contributed by atoms with Crippen molar-refractivity contribution in [2.24, 2.45) is 0 Å². The van der Waals surface area contributed by atoms with Crippen LogP contribution in [0.3, 0.4) is 0 Å². The molecule has 0 bridgehead atoms. The molecule has 0 aliphatic rings. The van der Waals surface area contributed by atoms with E-state index in [4.69, 9.17) is 0 Å². The van der Waals surface area contributed by atoms with E-state index in [2.05, 4.69) is 45.6 Å². The van der Waals surface area contributed by atoms with Crippen LogP contribution < -0.4 is 10.2 Å². The largest absolute Gasteiger partial charge is 0.370 e. The van der Waals surface area contributed by atoms with Gasteiger partial charge in [0.1, 0.15) is 5.82 Å². The smallest absolute Gasteiger partial charge is 0.127 e. The third-order valence-corrected chi connectivity index (χ3v) is 3.06. The minimum absolute atomic E-state index is 0.819. The fourth-order valence-corrected chi connectivity index (χ4v) is 2.13. The van der Waals surface area contributed by atoms with Gasteiger partial charge in [-0.05, 0) is 13.0 Å². The molecule has 2 aromatic heterocycles. The van der Waals surface area contributed by atoms with E-state index in [9.17, 15) is 0 Å². The maximum Gasteiger partial charge on any atom is 0.127 e. The van der Waals surface area contributed by atoms with Gasteiger partial charge in [0.25, 0.3) is 0 Å². The van der Waals surface area contributed by atoms with Crippen LogP contribution in [0.5, 0.6) is 0 Å². The number of rotatable bonds is 5. The number of aromatic nitrogens is 2. The van der Waals surface area contributed by atoms with E-state index in [-0.39, 0.29) is 0 Å². The van der Waals surface area contributed by atoms with Crippen molar-refractivity contribution in [3.8, 4) is 0 Å². The van der Waals surface area contributed by atoms with E-state index < -0.39 is 0 Å². The maximum atomic E-state index is 4.29. The van der Waals surface area contributed by atoms with Crippen molar-refractivity contribution in [2.75, 3.05) is 23.8 Å². The Morgan fingerprint density at radius 1 is 1.41 bits per heavy atom. The molecule has 2 rings (SSSR count). The molecule has 0 atom stereocenters. The zero-order chi connectivity index (χ0) is 12.1. The SMILES string of the molecule is CCNc1cc(N(C)Cc2cscn2)ccn1. The predicted molar refractivity (Wildman–Crippen MR) is 72.6 cm³/mol. The first kappa shape index (κ1) is 11.9. The van der Waals surface area contributed by atoms with Gasteiger partial charge in [0.15, 0.2) is 0 Å². The molecule has 4 nitrogen and oxygen atoms in total. The molecule has 0 saturated carbocycles. The molecule has 90 valence electrons. The summed E-state index contributed by atoms with van der Waals surface area (Å²) in [4.78, 5) is 10.7. The summed E-state index contributed by atoms with van der Waals surface area (Å²) >= 11 is 1.63. The highest BCUT2D eigenvalue weighted by molar-refractivity contribution is 7.07. The van der Waals surface area contributed by atoms with Gasteiger partial charge < -0.3 is 10.2 Å². The number of thiazole rings is 1. The molecule has 2 aromatic rings. The number of nitrogens with one attached hydrogen (secondary N) is 1. The van der Waals surface area contributed by atoms with Gasteiger partial charge in [0.2, 0.25) is 0 Å². The quantitative estimate of drug-likeness (QED) is 0.883. The van der Waals surface area contributed by atoms with Crippen molar-refractivity contribution in [2.45, 2.75) is 13.5 Å². The van der Waals surface area contributed by atoms with Crippen LogP contribution in [0.15, 0.2) is 29.2 Å². The standard InChI is InChI=1S/C12H16N4S/c1-3-13-12-6-11(4-5-14-12)16(2)7-10-8-17-9-15-10/h4-6,8-9H,3,7H2,1-2H3,(H,13,14). The van der Waals surface area contributed by atoms with Gasteiger partial charge in [-0.15, -0.1) is 11.3 Å². The van der Waals surface area contributed by atoms with Crippen LogP contribution >= 0.6 is 11.3 Å². The molecule has 0 unspecified atom stereocenters. The molecule has 17 heavy (non-hydrogen) atoms. The third kappa shape index (κ3) is 3.17. The highest BCUT2D eigenvalue weighted by atomic mass is 32.1. The van der Waals surface area contributed by atoms with E-state index in [1.165, 1.54) is 0 Å². The fourth-order valence-electron chi connectivity index (χ4n) is 1.58. The van der Waals surface area contributed by atoms with Gasteiger partial charge in [-0.2, -0.15) is 0 Å². The maximum absolute atomic E-state index is 4.29. The zero-order valence-corrected chi connectivity index (χ0v) is 10.9. The normalized spacial score (nSPS) is 10.2. The van der Waals surface area contributed by atoms with Crippen molar-refractivity contribution >= 4 is 22.8 Å². The van der Waals surface area contributed by atoms with Gasteiger partial charge in [-0.3, -0.25) is 0 Å². The number of hydrogen-bond acceptors (Lipinski definition) is 5. The first-order valence-corrected chi connectivity index (χ1v) is 6.52. The van der Waals surface area contributed by atoms with Gasteiger partial charge in [0, 0.05) is 36.9 Å². The Balaban J connectivity index is 2.07. The highest BCUT2D eigenvalue weighted by Gasteiger charge is 2.04. The summed E-state index contributed by atoms with van der Waals surface area (Å²) in [6, 6.07) is 4.06. The molecule has 0 radical (unpaired) electrons. The molecular formula is C12H16N4S. The second-order valence-electron chi connectivity index (χ2n) is 3.77. The summed E-state index contributed by atoms with van der Waals surface area (Å²) in [5.41, 5.74) is 4.10. The van der Waals surface area contributed by atoms with Crippen LogP contribution in [0.2, 0.25) is 0 Å². The van der Waals surface area contributed by atoms with Gasteiger partial charge >= 0.3 is 0 Å². The van der Waals surface area contributed by atoms with Gasteiger partial charge in [-0.1, -0.05) is 0 Å². The Bertz CT molecular complexity index is 455. The lowest BCUT2D eigenvalue weighted by atomic mass is 10.3. The average Bonchev–Trinajstić information content (AvgIpc) is 2.83. The molecular weight excluding hydrogens is 232 g/mol. The van der Waals surface area contributed by atoms with Crippen LogP contribution in [0, 0.1) is 0 Å². The van der Waals surface area contributed by atoms with E-state index >= 15 is 0 Å². The lowest BCUT2D eigenvalue weighted by Gasteiger charge is -2.18. The number of nitrogens with zero attached hydrogens (tertiary/aromatic N) is 3. The summed E-state index contributed by atoms with van der Waals surface area (Å²) in [6.07, 6.45) is 1.82. The van der Waals surface area contributed by atoms with Crippen molar-refractivity contribution in [1.29, 1.82) is 0 Å². The van der Waals surface area contributed by atoms with Crippen LogP contribution in [0.4, 0.5) is 11.5 Å². The minimum Gasteiger partial charge on any atom is -0.370 e. The number of anilines is 2. The third-order valence-electron chi connectivity index (χ3n) is 2.42. The molecule has 0 spiro atoms. The highest BCUT2D eigenvalue weighted by Crippen LogP contribution is 2.17. The van der Waals surface area contributed by atoms with E-state index in [1.54, 1.807) is 11.3 Å². The summed E-state index contributed by atoms with van der Waals surface area (Å²) in [5, 5.41) is 5.28. The number of pyridine rings is 1. The lowest BCUT2D eigenvalue weighted by Crippen LogP contribution is -2.16. The van der Waals surface area contributed by atoms with Crippen LogP contribution in [0.1, 0.15) is 12.6 Å².